The minimum atomic E-state index is -3.30. The Kier molecular flexibility index (Phi) is 2.84. The van der Waals surface area contributed by atoms with Crippen molar-refractivity contribution in [3.8, 4) is 10.6 Å². The Morgan fingerprint density at radius 1 is 1.38 bits per heavy atom. The lowest BCUT2D eigenvalue weighted by Gasteiger charge is -1.95. The van der Waals surface area contributed by atoms with Crippen LogP contribution in [0.4, 0.5) is 5.13 Å². The van der Waals surface area contributed by atoms with E-state index in [9.17, 15) is 8.42 Å². The summed E-state index contributed by atoms with van der Waals surface area (Å²) < 4.78 is 24.2. The van der Waals surface area contributed by atoms with Crippen molar-refractivity contribution >= 4 is 26.5 Å². The molecule has 0 unspecified atom stereocenters. The summed E-state index contributed by atoms with van der Waals surface area (Å²) in [6.07, 6.45) is 4.36. The van der Waals surface area contributed by atoms with Crippen LogP contribution in [0.2, 0.25) is 0 Å². The second-order valence-corrected chi connectivity index (χ2v) is 5.75. The molecule has 2 heterocycles. The van der Waals surface area contributed by atoms with Crippen molar-refractivity contribution in [2.45, 2.75) is 0 Å². The largest absolute Gasteiger partial charge is 0.264 e. The summed E-state index contributed by atoms with van der Waals surface area (Å²) in [7, 11) is -3.30. The van der Waals surface area contributed by atoms with Crippen LogP contribution in [0.15, 0.2) is 24.5 Å². The molecule has 0 aromatic carbocycles. The Hall–Kier alpha value is -1.54. The fourth-order valence-electron chi connectivity index (χ4n) is 1.03. The third-order valence-corrected chi connectivity index (χ3v) is 3.19. The molecule has 2 rings (SSSR count). The maximum Gasteiger partial charge on any atom is 0.231 e. The molecule has 0 aliphatic carbocycles. The predicted molar refractivity (Wildman–Crippen MR) is 61.6 cm³/mol. The van der Waals surface area contributed by atoms with Crippen molar-refractivity contribution in [3.05, 3.63) is 24.5 Å². The monoisotopic (exact) mass is 256 g/mol. The molecule has 2 aromatic rings. The van der Waals surface area contributed by atoms with Gasteiger partial charge in [0.2, 0.25) is 15.2 Å². The fourth-order valence-corrected chi connectivity index (χ4v) is 2.59. The molecule has 0 amide bonds. The first kappa shape index (κ1) is 11.0. The second-order valence-electron chi connectivity index (χ2n) is 3.03. The molecule has 6 nitrogen and oxygen atoms in total. The molecular formula is C8H8N4O2S2. The highest BCUT2D eigenvalue weighted by atomic mass is 32.2. The lowest BCUT2D eigenvalue weighted by Crippen LogP contribution is -2.08. The maximum atomic E-state index is 11.0. The van der Waals surface area contributed by atoms with Crippen LogP contribution >= 0.6 is 11.3 Å². The minimum Gasteiger partial charge on any atom is -0.264 e. The van der Waals surface area contributed by atoms with Crippen LogP contribution in [-0.4, -0.2) is 29.9 Å². The van der Waals surface area contributed by atoms with Gasteiger partial charge in [-0.1, -0.05) is 11.3 Å². The highest BCUT2D eigenvalue weighted by Gasteiger charge is 2.09. The van der Waals surface area contributed by atoms with Crippen LogP contribution in [0.5, 0.6) is 0 Å². The normalized spacial score (nSPS) is 11.3. The summed E-state index contributed by atoms with van der Waals surface area (Å²) in [5.41, 5.74) is 0.807. The van der Waals surface area contributed by atoms with Crippen molar-refractivity contribution in [2.24, 2.45) is 0 Å². The van der Waals surface area contributed by atoms with E-state index in [-0.39, 0.29) is 5.13 Å². The van der Waals surface area contributed by atoms with Crippen LogP contribution in [-0.2, 0) is 10.0 Å². The molecule has 1 N–H and O–H groups in total. The number of hydrogen-bond acceptors (Lipinski definition) is 6. The molecule has 0 aliphatic heterocycles. The van der Waals surface area contributed by atoms with E-state index >= 15 is 0 Å². The molecule has 8 heteroatoms. The van der Waals surface area contributed by atoms with E-state index in [1.165, 1.54) is 0 Å². The van der Waals surface area contributed by atoms with Crippen LogP contribution in [0, 0.1) is 0 Å². The number of nitrogens with zero attached hydrogens (tertiary/aromatic N) is 3. The fraction of sp³-hybridized carbons (Fsp3) is 0.125. The van der Waals surface area contributed by atoms with Gasteiger partial charge < -0.3 is 0 Å². The zero-order valence-corrected chi connectivity index (χ0v) is 9.92. The topological polar surface area (TPSA) is 84.8 Å². The SMILES string of the molecule is CS(=O)(=O)Nc1nnc(-c2cccnc2)s1. The van der Waals surface area contributed by atoms with Gasteiger partial charge >= 0.3 is 0 Å². The van der Waals surface area contributed by atoms with E-state index in [4.69, 9.17) is 0 Å². The van der Waals surface area contributed by atoms with Gasteiger partial charge in [0.05, 0.1) is 6.26 Å². The summed E-state index contributed by atoms with van der Waals surface area (Å²) in [4.78, 5) is 3.95. The van der Waals surface area contributed by atoms with Crippen molar-refractivity contribution in [1.82, 2.24) is 15.2 Å². The van der Waals surface area contributed by atoms with Crippen molar-refractivity contribution < 1.29 is 8.42 Å². The predicted octanol–water partition coefficient (Wildman–Crippen LogP) is 0.972. The number of pyridine rings is 1. The van der Waals surface area contributed by atoms with Gasteiger partial charge in [-0.15, -0.1) is 10.2 Å². The molecule has 0 spiro atoms. The standard InChI is InChI=1S/C8H8N4O2S2/c1-16(13,14)12-8-11-10-7(15-8)6-3-2-4-9-5-6/h2-5H,1H3,(H,11,12). The number of rotatable bonds is 3. The third kappa shape index (κ3) is 2.74. The van der Waals surface area contributed by atoms with Crippen molar-refractivity contribution in [3.63, 3.8) is 0 Å². The molecule has 0 radical (unpaired) electrons. The minimum absolute atomic E-state index is 0.251. The molecule has 0 saturated carbocycles. The average molecular weight is 256 g/mol. The number of anilines is 1. The zero-order chi connectivity index (χ0) is 11.6. The summed E-state index contributed by atoms with van der Waals surface area (Å²) in [6, 6.07) is 3.61. The molecule has 0 saturated heterocycles. The van der Waals surface area contributed by atoms with Gasteiger partial charge in [0.1, 0.15) is 0 Å². The molecule has 0 atom stereocenters. The van der Waals surface area contributed by atoms with E-state index in [1.807, 2.05) is 6.07 Å². The van der Waals surface area contributed by atoms with E-state index in [2.05, 4.69) is 19.9 Å². The number of hydrogen-bond donors (Lipinski definition) is 1. The van der Waals surface area contributed by atoms with E-state index in [0.29, 0.717) is 5.01 Å². The average Bonchev–Trinajstić information content (AvgIpc) is 2.65. The summed E-state index contributed by atoms with van der Waals surface area (Å²) in [5, 5.41) is 8.48. The smallest absolute Gasteiger partial charge is 0.231 e. The molecule has 16 heavy (non-hydrogen) atoms. The van der Waals surface area contributed by atoms with E-state index in [0.717, 1.165) is 23.2 Å². The first-order chi connectivity index (χ1) is 7.54. The summed E-state index contributed by atoms with van der Waals surface area (Å²) in [5.74, 6) is 0. The van der Waals surface area contributed by atoms with Crippen LogP contribution in [0.3, 0.4) is 0 Å². The van der Waals surface area contributed by atoms with Gasteiger partial charge in [0.25, 0.3) is 0 Å². The molecular weight excluding hydrogens is 248 g/mol. The van der Waals surface area contributed by atoms with Gasteiger partial charge in [-0.25, -0.2) is 8.42 Å². The second kappa shape index (κ2) is 4.14. The Balaban J connectivity index is 2.27. The van der Waals surface area contributed by atoms with Gasteiger partial charge in [-0.05, 0) is 12.1 Å². The summed E-state index contributed by atoms with van der Waals surface area (Å²) >= 11 is 1.16. The highest BCUT2D eigenvalue weighted by Crippen LogP contribution is 2.25. The Morgan fingerprint density at radius 2 is 2.19 bits per heavy atom. The maximum absolute atomic E-state index is 11.0. The molecule has 0 aliphatic rings. The van der Waals surface area contributed by atoms with Gasteiger partial charge in [0, 0.05) is 18.0 Å². The Morgan fingerprint density at radius 3 is 2.81 bits per heavy atom. The first-order valence-corrected chi connectivity index (χ1v) is 6.97. The molecule has 2 aromatic heterocycles. The van der Waals surface area contributed by atoms with Crippen molar-refractivity contribution in [2.75, 3.05) is 11.0 Å². The van der Waals surface area contributed by atoms with Gasteiger partial charge in [-0.3, -0.25) is 9.71 Å². The molecule has 0 fully saturated rings. The number of aromatic nitrogens is 3. The number of sulfonamides is 1. The Labute approximate surface area is 96.4 Å². The van der Waals surface area contributed by atoms with E-state index < -0.39 is 10.0 Å². The molecule has 0 bridgehead atoms. The number of nitrogens with one attached hydrogen (secondary N) is 1. The van der Waals surface area contributed by atoms with E-state index in [1.54, 1.807) is 18.5 Å². The zero-order valence-electron chi connectivity index (χ0n) is 8.28. The van der Waals surface area contributed by atoms with Crippen LogP contribution in [0.1, 0.15) is 0 Å². The lowest BCUT2D eigenvalue weighted by molar-refractivity contribution is 0.606. The summed E-state index contributed by atoms with van der Waals surface area (Å²) in [6.45, 7) is 0. The highest BCUT2D eigenvalue weighted by molar-refractivity contribution is 7.92. The molecule has 84 valence electrons. The van der Waals surface area contributed by atoms with Crippen LogP contribution in [0.25, 0.3) is 10.6 Å². The lowest BCUT2D eigenvalue weighted by atomic mass is 10.3. The first-order valence-electron chi connectivity index (χ1n) is 4.26. The third-order valence-electron chi connectivity index (χ3n) is 1.61. The quantitative estimate of drug-likeness (QED) is 0.884. The van der Waals surface area contributed by atoms with Gasteiger partial charge in [-0.2, -0.15) is 0 Å². The van der Waals surface area contributed by atoms with Crippen molar-refractivity contribution in [1.29, 1.82) is 0 Å². The van der Waals surface area contributed by atoms with Crippen LogP contribution < -0.4 is 4.72 Å². The van der Waals surface area contributed by atoms with Gasteiger partial charge in [0.15, 0.2) is 5.01 Å². The Bertz CT molecular complexity index is 579.